The van der Waals surface area contributed by atoms with E-state index in [0.29, 0.717) is 24.2 Å². The molecule has 0 fully saturated rings. The second kappa shape index (κ2) is 8.98. The summed E-state index contributed by atoms with van der Waals surface area (Å²) in [6, 6.07) is 11.6. The molecule has 1 heterocycles. The van der Waals surface area contributed by atoms with E-state index in [1.165, 1.54) is 11.9 Å². The van der Waals surface area contributed by atoms with Gasteiger partial charge in [-0.05, 0) is 26.2 Å². The Kier molecular flexibility index (Phi) is 6.40. The number of ether oxygens (including phenoxy) is 1. The molecule has 0 spiro atoms. The van der Waals surface area contributed by atoms with Crippen LogP contribution in [0.2, 0.25) is 0 Å². The Bertz CT molecular complexity index is 1100. The molecule has 2 amide bonds. The Morgan fingerprint density at radius 2 is 1.67 bits per heavy atom. The zero-order chi connectivity index (χ0) is 21.8. The number of carbonyl (C=O) groups excluding carboxylic acids is 3. The van der Waals surface area contributed by atoms with Crippen LogP contribution in [0.3, 0.4) is 0 Å². The molecule has 2 aromatic carbocycles. The van der Waals surface area contributed by atoms with Gasteiger partial charge in [0.25, 0.3) is 5.91 Å². The fraction of sp³-hybridized carbons (Fsp3) is 0.348. The van der Waals surface area contributed by atoms with Gasteiger partial charge in [-0.2, -0.15) is 0 Å². The van der Waals surface area contributed by atoms with E-state index < -0.39 is 18.5 Å². The highest BCUT2D eigenvalue weighted by molar-refractivity contribution is 6.08. The lowest BCUT2D eigenvalue weighted by Gasteiger charge is -2.23. The van der Waals surface area contributed by atoms with Crippen LogP contribution in [0, 0.1) is 6.92 Å². The summed E-state index contributed by atoms with van der Waals surface area (Å²) in [5.41, 5.74) is 1.28. The molecular weight excluding hydrogens is 384 g/mol. The summed E-state index contributed by atoms with van der Waals surface area (Å²) in [6.07, 6.45) is 0. The molecule has 158 valence electrons. The number of fused-ring (bicyclic) bond motifs is 3. The fourth-order valence-electron chi connectivity index (χ4n) is 3.41. The third-order valence-corrected chi connectivity index (χ3v) is 5.25. The van der Waals surface area contributed by atoms with Crippen LogP contribution < -0.4 is 0 Å². The van der Waals surface area contributed by atoms with Crippen molar-refractivity contribution in [3.63, 3.8) is 0 Å². The van der Waals surface area contributed by atoms with Gasteiger partial charge in [-0.15, -0.1) is 0 Å². The van der Waals surface area contributed by atoms with E-state index in [9.17, 15) is 14.4 Å². The lowest BCUT2D eigenvalue weighted by atomic mass is 10.1. The number of likely N-dealkylation sites (N-methyl/N-ethyl adjacent to an activating group) is 2. The lowest BCUT2D eigenvalue weighted by molar-refractivity contribution is -0.140. The normalized spacial score (nSPS) is 10.9. The van der Waals surface area contributed by atoms with Gasteiger partial charge in [0.05, 0.1) is 6.54 Å². The molecule has 0 radical (unpaired) electrons. The molecule has 0 atom stereocenters. The van der Waals surface area contributed by atoms with Crippen molar-refractivity contribution in [1.82, 2.24) is 9.80 Å². The van der Waals surface area contributed by atoms with E-state index >= 15 is 0 Å². The smallest absolute Gasteiger partial charge is 0.375 e. The molecule has 0 saturated heterocycles. The number of benzene rings is 2. The number of carbonyl (C=O) groups is 3. The van der Waals surface area contributed by atoms with Gasteiger partial charge < -0.3 is 19.0 Å². The van der Waals surface area contributed by atoms with Crippen molar-refractivity contribution in [3.05, 3.63) is 47.7 Å². The minimum Gasteiger partial charge on any atom is -0.450 e. The first-order valence-electron chi connectivity index (χ1n) is 9.97. The zero-order valence-corrected chi connectivity index (χ0v) is 17.7. The standard InChI is InChI=1S/C23H26N2O5/c1-5-25(6-2)19(26)13-24(4)20(27)14-29-23(28)21-15(3)17-12-11-16-9-7-8-10-18(16)22(17)30-21/h7-12H,5-6,13-14H2,1-4H3. The summed E-state index contributed by atoms with van der Waals surface area (Å²) >= 11 is 0. The van der Waals surface area contributed by atoms with Crippen molar-refractivity contribution >= 4 is 39.5 Å². The second-order valence-electron chi connectivity index (χ2n) is 7.11. The maximum Gasteiger partial charge on any atom is 0.375 e. The Hall–Kier alpha value is -3.35. The van der Waals surface area contributed by atoms with Crippen LogP contribution in [-0.2, 0) is 14.3 Å². The Morgan fingerprint density at radius 1 is 0.967 bits per heavy atom. The second-order valence-corrected chi connectivity index (χ2v) is 7.11. The SMILES string of the molecule is CCN(CC)C(=O)CN(C)C(=O)COC(=O)c1oc2c(ccc3ccccc32)c1C. The van der Waals surface area contributed by atoms with Crippen LogP contribution in [0.15, 0.2) is 40.8 Å². The summed E-state index contributed by atoms with van der Waals surface area (Å²) in [6.45, 7) is 6.17. The van der Waals surface area contributed by atoms with Crippen molar-refractivity contribution in [1.29, 1.82) is 0 Å². The number of esters is 1. The monoisotopic (exact) mass is 410 g/mol. The average molecular weight is 410 g/mol. The van der Waals surface area contributed by atoms with Gasteiger partial charge >= 0.3 is 5.97 Å². The van der Waals surface area contributed by atoms with Crippen molar-refractivity contribution in [3.8, 4) is 0 Å². The summed E-state index contributed by atoms with van der Waals surface area (Å²) in [5.74, 6) is -1.23. The van der Waals surface area contributed by atoms with Crippen molar-refractivity contribution in [2.75, 3.05) is 33.3 Å². The third-order valence-electron chi connectivity index (χ3n) is 5.25. The summed E-state index contributed by atoms with van der Waals surface area (Å²) in [7, 11) is 1.51. The highest BCUT2D eigenvalue weighted by Gasteiger charge is 2.23. The first-order valence-corrected chi connectivity index (χ1v) is 9.97. The summed E-state index contributed by atoms with van der Waals surface area (Å²) < 4.78 is 11.0. The summed E-state index contributed by atoms with van der Waals surface area (Å²) in [5, 5.41) is 2.74. The van der Waals surface area contributed by atoms with E-state index in [-0.39, 0.29) is 18.2 Å². The number of rotatable bonds is 7. The topological polar surface area (TPSA) is 80.1 Å². The van der Waals surface area contributed by atoms with Gasteiger partial charge in [0.15, 0.2) is 6.61 Å². The lowest BCUT2D eigenvalue weighted by Crippen LogP contribution is -2.42. The van der Waals surface area contributed by atoms with Crippen LogP contribution in [-0.4, -0.2) is 60.9 Å². The van der Waals surface area contributed by atoms with E-state index in [4.69, 9.17) is 9.15 Å². The third kappa shape index (κ3) is 4.15. The first kappa shape index (κ1) is 21.4. The van der Waals surface area contributed by atoms with Gasteiger partial charge in [-0.25, -0.2) is 4.79 Å². The quantitative estimate of drug-likeness (QED) is 0.558. The molecule has 3 aromatic rings. The van der Waals surface area contributed by atoms with Crippen LogP contribution in [0.1, 0.15) is 30.0 Å². The van der Waals surface area contributed by atoms with Gasteiger partial charge in [0.1, 0.15) is 5.58 Å². The van der Waals surface area contributed by atoms with Gasteiger partial charge in [0.2, 0.25) is 11.7 Å². The number of aryl methyl sites for hydroxylation is 1. The summed E-state index contributed by atoms with van der Waals surface area (Å²) in [4.78, 5) is 39.9. The average Bonchev–Trinajstić information content (AvgIpc) is 3.09. The molecule has 0 aliphatic rings. The molecular formula is C23H26N2O5. The fourth-order valence-corrected chi connectivity index (χ4v) is 3.41. The van der Waals surface area contributed by atoms with Crippen LogP contribution in [0.4, 0.5) is 0 Å². The first-order chi connectivity index (χ1) is 14.4. The van der Waals surface area contributed by atoms with Gasteiger partial charge in [-0.3, -0.25) is 9.59 Å². The molecule has 0 unspecified atom stereocenters. The molecule has 0 saturated carbocycles. The number of hydrogen-bond acceptors (Lipinski definition) is 5. The molecule has 30 heavy (non-hydrogen) atoms. The molecule has 7 heteroatoms. The molecule has 0 aliphatic carbocycles. The number of nitrogens with zero attached hydrogens (tertiary/aromatic N) is 2. The highest BCUT2D eigenvalue weighted by Crippen LogP contribution is 2.32. The Morgan fingerprint density at radius 3 is 2.37 bits per heavy atom. The Labute approximate surface area is 175 Å². The van der Waals surface area contributed by atoms with Crippen LogP contribution in [0.5, 0.6) is 0 Å². The van der Waals surface area contributed by atoms with E-state index in [1.54, 1.807) is 11.8 Å². The van der Waals surface area contributed by atoms with Crippen LogP contribution in [0.25, 0.3) is 21.7 Å². The highest BCUT2D eigenvalue weighted by atomic mass is 16.5. The van der Waals surface area contributed by atoms with Gasteiger partial charge in [0, 0.05) is 36.5 Å². The van der Waals surface area contributed by atoms with E-state index in [0.717, 1.165) is 16.2 Å². The van der Waals surface area contributed by atoms with Gasteiger partial charge in [-0.1, -0.05) is 36.4 Å². The number of amides is 2. The largest absolute Gasteiger partial charge is 0.450 e. The molecule has 0 bridgehead atoms. The predicted molar refractivity (Wildman–Crippen MR) is 114 cm³/mol. The molecule has 0 aliphatic heterocycles. The molecule has 3 rings (SSSR count). The Balaban J connectivity index is 1.69. The number of furan rings is 1. The van der Waals surface area contributed by atoms with E-state index in [2.05, 4.69) is 0 Å². The van der Waals surface area contributed by atoms with Crippen molar-refractivity contribution in [2.45, 2.75) is 20.8 Å². The minimum atomic E-state index is -0.704. The predicted octanol–water partition coefficient (Wildman–Crippen LogP) is 3.38. The maximum absolute atomic E-state index is 12.6. The number of hydrogen-bond donors (Lipinski definition) is 0. The molecule has 0 N–H and O–H groups in total. The van der Waals surface area contributed by atoms with Crippen molar-refractivity contribution in [2.24, 2.45) is 0 Å². The van der Waals surface area contributed by atoms with Crippen molar-refractivity contribution < 1.29 is 23.5 Å². The zero-order valence-electron chi connectivity index (χ0n) is 17.7. The molecule has 7 nitrogen and oxygen atoms in total. The van der Waals surface area contributed by atoms with Crippen LogP contribution >= 0.6 is 0 Å². The van der Waals surface area contributed by atoms with E-state index in [1.807, 2.05) is 50.2 Å². The molecule has 1 aromatic heterocycles. The maximum atomic E-state index is 12.6. The minimum absolute atomic E-state index is 0.0618.